The number of nitrogens with one attached hydrogen (secondary N) is 3. The average molecular weight is 347 g/mol. The Balaban J connectivity index is 0.00000264. The molecule has 0 saturated carbocycles. The highest BCUT2D eigenvalue weighted by atomic mass is 35.5. The zero-order chi connectivity index (χ0) is 16.2. The lowest BCUT2D eigenvalue weighted by atomic mass is 9.93. The third-order valence-corrected chi connectivity index (χ3v) is 4.74. The first-order chi connectivity index (χ1) is 10.5. The van der Waals surface area contributed by atoms with E-state index in [1.165, 1.54) is 0 Å². The Morgan fingerprint density at radius 2 is 2.04 bits per heavy atom. The first-order valence-electron chi connectivity index (χ1n) is 8.14. The second-order valence-electron chi connectivity index (χ2n) is 6.13. The molecule has 0 aromatic heterocycles. The molecule has 4 amide bonds. The maximum absolute atomic E-state index is 12.4. The first-order valence-corrected chi connectivity index (χ1v) is 8.14. The number of carbonyl (C=O) groups is 3. The van der Waals surface area contributed by atoms with Crippen molar-refractivity contribution in [1.29, 1.82) is 0 Å². The standard InChI is InChI=1S/C15H26N4O3.ClH/c1-3-15(4-2)13(21)19(14(22)18-15)10-12(20)17-9-11-6-5-7-16-8-11;/h11,16H,3-10H2,1-2H3,(H,17,20)(H,18,22);1H. The van der Waals surface area contributed by atoms with Gasteiger partial charge >= 0.3 is 6.03 Å². The molecule has 2 saturated heterocycles. The predicted molar refractivity (Wildman–Crippen MR) is 89.4 cm³/mol. The van der Waals surface area contributed by atoms with Crippen molar-refractivity contribution in [1.82, 2.24) is 20.9 Å². The van der Waals surface area contributed by atoms with Gasteiger partial charge in [-0.2, -0.15) is 0 Å². The summed E-state index contributed by atoms with van der Waals surface area (Å²) in [6.07, 6.45) is 3.26. The average Bonchev–Trinajstić information content (AvgIpc) is 2.78. The highest BCUT2D eigenvalue weighted by Gasteiger charge is 2.49. The van der Waals surface area contributed by atoms with E-state index in [0.717, 1.165) is 30.8 Å². The molecule has 7 nitrogen and oxygen atoms in total. The van der Waals surface area contributed by atoms with Crippen LogP contribution in [-0.2, 0) is 9.59 Å². The number of imide groups is 1. The number of hydrogen-bond acceptors (Lipinski definition) is 4. The highest BCUT2D eigenvalue weighted by molar-refractivity contribution is 6.08. The Morgan fingerprint density at radius 3 is 2.57 bits per heavy atom. The summed E-state index contributed by atoms with van der Waals surface area (Å²) in [6, 6.07) is -0.469. The van der Waals surface area contributed by atoms with Gasteiger partial charge in [-0.05, 0) is 44.7 Å². The molecule has 8 heteroatoms. The zero-order valence-electron chi connectivity index (χ0n) is 13.8. The third-order valence-electron chi connectivity index (χ3n) is 4.74. The van der Waals surface area contributed by atoms with Crippen LogP contribution in [0.3, 0.4) is 0 Å². The zero-order valence-corrected chi connectivity index (χ0v) is 14.6. The van der Waals surface area contributed by atoms with Crippen LogP contribution in [0.1, 0.15) is 39.5 Å². The molecule has 2 fully saturated rings. The Kier molecular flexibility index (Phi) is 7.28. The Labute approximate surface area is 143 Å². The number of amides is 4. The summed E-state index contributed by atoms with van der Waals surface area (Å²) in [6.45, 7) is 6.04. The van der Waals surface area contributed by atoms with Gasteiger partial charge in [-0.3, -0.25) is 14.5 Å². The second kappa shape index (κ2) is 8.49. The minimum atomic E-state index is -0.843. The highest BCUT2D eigenvalue weighted by Crippen LogP contribution is 2.24. The maximum atomic E-state index is 12.4. The molecule has 0 aromatic carbocycles. The summed E-state index contributed by atoms with van der Waals surface area (Å²) in [4.78, 5) is 37.4. The molecule has 0 bridgehead atoms. The topological polar surface area (TPSA) is 90.5 Å². The number of urea groups is 1. The molecule has 0 aliphatic carbocycles. The van der Waals surface area contributed by atoms with Crippen molar-refractivity contribution in [2.45, 2.75) is 45.1 Å². The first kappa shape index (κ1) is 19.7. The monoisotopic (exact) mass is 346 g/mol. The van der Waals surface area contributed by atoms with Gasteiger partial charge in [0.1, 0.15) is 12.1 Å². The van der Waals surface area contributed by atoms with Crippen molar-refractivity contribution in [2.75, 3.05) is 26.2 Å². The largest absolute Gasteiger partial charge is 0.354 e. The smallest absolute Gasteiger partial charge is 0.325 e. The van der Waals surface area contributed by atoms with E-state index >= 15 is 0 Å². The van der Waals surface area contributed by atoms with Crippen LogP contribution in [0, 0.1) is 5.92 Å². The van der Waals surface area contributed by atoms with Gasteiger partial charge in [0.2, 0.25) is 5.91 Å². The van der Waals surface area contributed by atoms with Gasteiger partial charge in [-0.15, -0.1) is 12.4 Å². The van der Waals surface area contributed by atoms with Gasteiger partial charge in [0.05, 0.1) is 0 Å². The molecule has 2 aliphatic heterocycles. The van der Waals surface area contributed by atoms with Crippen LogP contribution in [0.2, 0.25) is 0 Å². The number of carbonyl (C=O) groups excluding carboxylic acids is 3. The van der Waals surface area contributed by atoms with Crippen LogP contribution < -0.4 is 16.0 Å². The molecule has 0 spiro atoms. The normalized spacial score (nSPS) is 23.2. The SMILES string of the molecule is CCC1(CC)NC(=O)N(CC(=O)NCC2CCCNC2)C1=O.Cl. The van der Waals surface area contributed by atoms with Crippen molar-refractivity contribution in [3.8, 4) is 0 Å². The van der Waals surface area contributed by atoms with E-state index in [0.29, 0.717) is 25.3 Å². The van der Waals surface area contributed by atoms with Gasteiger partial charge in [-0.25, -0.2) is 4.79 Å². The van der Waals surface area contributed by atoms with E-state index in [2.05, 4.69) is 16.0 Å². The summed E-state index contributed by atoms with van der Waals surface area (Å²) in [5, 5.41) is 8.85. The summed E-state index contributed by atoms with van der Waals surface area (Å²) in [7, 11) is 0. The molecule has 0 aromatic rings. The number of halogens is 1. The number of rotatable bonds is 6. The van der Waals surface area contributed by atoms with E-state index in [1.54, 1.807) is 0 Å². The second-order valence-corrected chi connectivity index (χ2v) is 6.13. The molecule has 132 valence electrons. The van der Waals surface area contributed by atoms with E-state index < -0.39 is 11.6 Å². The van der Waals surface area contributed by atoms with Gasteiger partial charge < -0.3 is 16.0 Å². The lowest BCUT2D eigenvalue weighted by Crippen LogP contribution is -2.47. The van der Waals surface area contributed by atoms with E-state index in [1.807, 2.05) is 13.8 Å². The van der Waals surface area contributed by atoms with Crippen molar-refractivity contribution in [3.63, 3.8) is 0 Å². The molecule has 23 heavy (non-hydrogen) atoms. The number of hydrogen-bond donors (Lipinski definition) is 3. The summed E-state index contributed by atoms with van der Waals surface area (Å²) >= 11 is 0. The molecular weight excluding hydrogens is 320 g/mol. The number of piperidine rings is 1. The quantitative estimate of drug-likeness (QED) is 0.615. The van der Waals surface area contributed by atoms with Crippen molar-refractivity contribution < 1.29 is 14.4 Å². The van der Waals surface area contributed by atoms with Gasteiger partial charge in [0, 0.05) is 6.54 Å². The molecular formula is C15H27ClN4O3. The van der Waals surface area contributed by atoms with Crippen LogP contribution >= 0.6 is 12.4 Å². The van der Waals surface area contributed by atoms with Gasteiger partial charge in [0.25, 0.3) is 5.91 Å². The Morgan fingerprint density at radius 1 is 1.35 bits per heavy atom. The molecule has 0 radical (unpaired) electrons. The summed E-state index contributed by atoms with van der Waals surface area (Å²) in [5.74, 6) is -0.153. The van der Waals surface area contributed by atoms with Crippen LogP contribution in [-0.4, -0.2) is 54.5 Å². The fourth-order valence-corrected chi connectivity index (χ4v) is 3.10. The summed E-state index contributed by atoms with van der Waals surface area (Å²) < 4.78 is 0. The van der Waals surface area contributed by atoms with Crippen LogP contribution in [0.5, 0.6) is 0 Å². The lowest BCUT2D eigenvalue weighted by molar-refractivity contribution is -0.135. The van der Waals surface area contributed by atoms with Crippen molar-refractivity contribution >= 4 is 30.3 Å². The molecule has 1 unspecified atom stereocenters. The molecule has 2 aliphatic rings. The fourth-order valence-electron chi connectivity index (χ4n) is 3.10. The van der Waals surface area contributed by atoms with Gasteiger partial charge in [-0.1, -0.05) is 13.8 Å². The molecule has 1 atom stereocenters. The maximum Gasteiger partial charge on any atom is 0.325 e. The predicted octanol–water partition coefficient (Wildman–Crippen LogP) is 0.635. The van der Waals surface area contributed by atoms with Gasteiger partial charge in [0.15, 0.2) is 0 Å². The van der Waals surface area contributed by atoms with Crippen molar-refractivity contribution in [3.05, 3.63) is 0 Å². The molecule has 3 N–H and O–H groups in total. The Hall–Kier alpha value is -1.34. The lowest BCUT2D eigenvalue weighted by Gasteiger charge is -2.24. The van der Waals surface area contributed by atoms with E-state index in [-0.39, 0.29) is 30.8 Å². The minimum absolute atomic E-state index is 0. The minimum Gasteiger partial charge on any atom is -0.354 e. The van der Waals surface area contributed by atoms with E-state index in [4.69, 9.17) is 0 Å². The number of nitrogens with zero attached hydrogens (tertiary/aromatic N) is 1. The Bertz CT molecular complexity index is 448. The third kappa shape index (κ3) is 4.35. The van der Waals surface area contributed by atoms with Crippen LogP contribution in [0.25, 0.3) is 0 Å². The van der Waals surface area contributed by atoms with Crippen LogP contribution in [0.15, 0.2) is 0 Å². The van der Waals surface area contributed by atoms with E-state index in [9.17, 15) is 14.4 Å². The summed E-state index contributed by atoms with van der Waals surface area (Å²) in [5.41, 5.74) is -0.843. The molecule has 2 heterocycles. The fraction of sp³-hybridized carbons (Fsp3) is 0.800. The van der Waals surface area contributed by atoms with Crippen LogP contribution in [0.4, 0.5) is 4.79 Å². The van der Waals surface area contributed by atoms with Crippen molar-refractivity contribution in [2.24, 2.45) is 5.92 Å². The molecule has 2 rings (SSSR count).